The third-order valence-electron chi connectivity index (χ3n) is 5.75. The van der Waals surface area contributed by atoms with Crippen molar-refractivity contribution in [3.8, 4) is 33.5 Å². The minimum atomic E-state index is -1.07. The van der Waals surface area contributed by atoms with Crippen LogP contribution in [0.25, 0.3) is 11.1 Å². The van der Waals surface area contributed by atoms with Crippen LogP contribution < -0.4 is 5.32 Å². The molecule has 34 heavy (non-hydrogen) atoms. The van der Waals surface area contributed by atoms with Gasteiger partial charge >= 0.3 is 12.1 Å². The fraction of sp³-hybridized carbons (Fsp3) is 0.280. The molecule has 0 spiro atoms. The van der Waals surface area contributed by atoms with Gasteiger partial charge in [-0.1, -0.05) is 44.2 Å². The molecule has 1 aliphatic carbocycles. The molecule has 1 amide bonds. The van der Waals surface area contributed by atoms with Crippen molar-refractivity contribution < 1.29 is 19.4 Å². The highest BCUT2D eigenvalue weighted by Crippen LogP contribution is 2.45. The number of ether oxygens (including phenoxy) is 1. The number of carbonyl (C=O) groups is 2. The molecule has 0 saturated carbocycles. The van der Waals surface area contributed by atoms with Crippen LogP contribution in [0.15, 0.2) is 36.4 Å². The number of halogens is 2. The molecular weight excluding hydrogens is 696 g/mol. The van der Waals surface area contributed by atoms with Crippen molar-refractivity contribution in [1.82, 2.24) is 5.32 Å². The van der Waals surface area contributed by atoms with Crippen molar-refractivity contribution in [3.05, 3.63) is 58.7 Å². The minimum Gasteiger partial charge on any atom is -0.480 e. The zero-order chi connectivity index (χ0) is 24.7. The topological polar surface area (TPSA) is 75.6 Å². The molecule has 2 aromatic carbocycles. The second-order valence-electron chi connectivity index (χ2n) is 7.71. The molecule has 0 fully saturated rings. The Morgan fingerprint density at radius 2 is 1.59 bits per heavy atom. The highest BCUT2D eigenvalue weighted by molar-refractivity contribution is 14.2. The number of benzene rings is 2. The Morgan fingerprint density at radius 1 is 1.06 bits per heavy atom. The molecule has 0 aromatic heterocycles. The second-order valence-corrected chi connectivity index (χ2v) is 11.1. The Morgan fingerprint density at radius 3 is 2.03 bits per heavy atom. The molecule has 5 nitrogen and oxygen atoms in total. The van der Waals surface area contributed by atoms with Crippen LogP contribution in [-0.2, 0) is 9.53 Å². The summed E-state index contributed by atoms with van der Waals surface area (Å²) in [5.41, 5.74) is 5.96. The van der Waals surface area contributed by atoms with E-state index in [1.165, 1.54) is 17.9 Å². The van der Waals surface area contributed by atoms with Crippen LogP contribution in [0.2, 0.25) is 0 Å². The molecule has 0 aliphatic heterocycles. The molecule has 0 heterocycles. The summed E-state index contributed by atoms with van der Waals surface area (Å²) in [5.74, 6) is 4.76. The van der Waals surface area contributed by atoms with E-state index in [0.29, 0.717) is 6.42 Å². The molecule has 0 radical (unpaired) electrons. The predicted octanol–water partition coefficient (Wildman–Crippen LogP) is 6.81. The van der Waals surface area contributed by atoms with Gasteiger partial charge in [0, 0.05) is 59.5 Å². The lowest BCUT2D eigenvalue weighted by Crippen LogP contribution is -2.45. The normalized spacial score (nSPS) is 13.3. The summed E-state index contributed by atoms with van der Waals surface area (Å²) in [5, 5.41) is 18.0. The molecule has 9 heteroatoms. The first-order valence-corrected chi connectivity index (χ1v) is 17.1. The number of carbonyl (C=O) groups excluding carboxylic acids is 1. The van der Waals surface area contributed by atoms with Crippen LogP contribution in [0, 0.1) is 28.3 Å². The quantitative estimate of drug-likeness (QED) is 0.253. The predicted molar refractivity (Wildman–Crippen MR) is 156 cm³/mol. The molecule has 3 rings (SSSR count). The average molecular weight is 717 g/mol. The lowest BCUT2D eigenvalue weighted by Gasteiger charge is -2.21. The molecule has 176 valence electrons. The number of carboxylic acid groups (broad SMARTS) is 1. The van der Waals surface area contributed by atoms with Gasteiger partial charge in [-0.2, -0.15) is 0 Å². The highest BCUT2D eigenvalue weighted by Gasteiger charge is 2.31. The first-order valence-electron chi connectivity index (χ1n) is 10.4. The Labute approximate surface area is 232 Å². The molecule has 1 aliphatic rings. The summed E-state index contributed by atoms with van der Waals surface area (Å²) < 4.78 is 5.56. The smallest absolute Gasteiger partial charge is 0.407 e. The molecule has 2 unspecified atom stereocenters. The second kappa shape index (κ2) is 13.0. The van der Waals surface area contributed by atoms with Crippen LogP contribution in [0.1, 0.15) is 48.4 Å². The maximum absolute atomic E-state index is 12.5. The van der Waals surface area contributed by atoms with E-state index in [1.54, 1.807) is 6.92 Å². The Hall–Kier alpha value is -1.54. The summed E-state index contributed by atoms with van der Waals surface area (Å²) in [6.45, 7) is 3.75. The summed E-state index contributed by atoms with van der Waals surface area (Å²) in [7, 11) is 2.84. The van der Waals surface area contributed by atoms with Gasteiger partial charge in [0.05, 0.1) is 0 Å². The zero-order valence-electron chi connectivity index (χ0n) is 18.4. The summed E-state index contributed by atoms with van der Waals surface area (Å²) in [6.07, 6.45) is -0.114. The van der Waals surface area contributed by atoms with Gasteiger partial charge < -0.3 is 15.2 Å². The van der Waals surface area contributed by atoms with Gasteiger partial charge in [-0.15, -0.1) is 0 Å². The maximum atomic E-state index is 12.5. The van der Waals surface area contributed by atoms with Gasteiger partial charge in [0.2, 0.25) is 0 Å². The van der Waals surface area contributed by atoms with Crippen LogP contribution in [-0.4, -0.2) is 29.8 Å². The number of alkyl carbamates (subject to hydrolysis) is 1. The van der Waals surface area contributed by atoms with Crippen LogP contribution in [0.5, 0.6) is 0 Å². The van der Waals surface area contributed by atoms with Crippen molar-refractivity contribution in [3.63, 3.8) is 0 Å². The van der Waals surface area contributed by atoms with Crippen LogP contribution in [0.4, 0.5) is 4.79 Å². The summed E-state index contributed by atoms with van der Waals surface area (Å²) in [4.78, 5) is 24.1. The first kappa shape index (κ1) is 27.1. The SMILES string of the molecule is CCC(C)C(NC(=O)OCC1c2cc(C#CSI)ccc2-c2ccc(C#CSI)cc21)C(=O)O. The van der Waals surface area contributed by atoms with E-state index in [2.05, 4.69) is 70.1 Å². The van der Waals surface area contributed by atoms with Gasteiger partial charge in [-0.25, -0.2) is 9.59 Å². The number of hydrogen-bond donors (Lipinski definition) is 2. The van der Waals surface area contributed by atoms with Gasteiger partial charge in [0.15, 0.2) is 0 Å². The minimum absolute atomic E-state index is 0.0779. The third kappa shape index (κ3) is 6.56. The van der Waals surface area contributed by atoms with Crippen molar-refractivity contribution in [2.45, 2.75) is 32.2 Å². The number of fused-ring (bicyclic) bond motifs is 3. The average Bonchev–Trinajstić information content (AvgIpc) is 3.14. The number of aliphatic carboxylic acids is 1. The summed E-state index contributed by atoms with van der Waals surface area (Å²) in [6, 6.07) is 11.1. The van der Waals surface area contributed by atoms with Gasteiger partial charge in [0.25, 0.3) is 0 Å². The van der Waals surface area contributed by atoms with Crippen molar-refractivity contribution in [1.29, 1.82) is 0 Å². The Kier molecular flexibility index (Phi) is 10.3. The fourth-order valence-electron chi connectivity index (χ4n) is 3.86. The lowest BCUT2D eigenvalue weighted by atomic mass is 9.96. The molecule has 2 N–H and O–H groups in total. The lowest BCUT2D eigenvalue weighted by molar-refractivity contribution is -0.140. The van der Waals surface area contributed by atoms with E-state index in [-0.39, 0.29) is 18.4 Å². The van der Waals surface area contributed by atoms with Gasteiger partial charge in [0.1, 0.15) is 12.6 Å². The van der Waals surface area contributed by atoms with Crippen molar-refractivity contribution >= 4 is 72.3 Å². The molecule has 2 aromatic rings. The number of amides is 1. The third-order valence-corrected chi connectivity index (χ3v) is 7.43. The Bertz CT molecular complexity index is 1140. The molecule has 0 saturated heterocycles. The monoisotopic (exact) mass is 717 g/mol. The highest BCUT2D eigenvalue weighted by atomic mass is 127. The first-order chi connectivity index (χ1) is 16.4. The number of hydrogen-bond acceptors (Lipinski definition) is 5. The Balaban J connectivity index is 1.90. The number of rotatable bonds is 6. The van der Waals surface area contributed by atoms with Crippen molar-refractivity contribution in [2.24, 2.45) is 5.92 Å². The standard InChI is InChI=1S/C25H21I2NO4S2/c1-3-15(2)23(24(29)30)28-25(31)32-14-22-20-12-16(8-10-33-26)4-6-18(20)19-7-5-17(9-11-34-27)13-21(19)22/h4-7,12-13,15,22-23H,3,14H2,1-2H3,(H,28,31)(H,29,30). The number of nitrogens with one attached hydrogen (secondary N) is 1. The van der Waals surface area contributed by atoms with E-state index in [9.17, 15) is 14.7 Å². The van der Waals surface area contributed by atoms with E-state index < -0.39 is 18.1 Å². The maximum Gasteiger partial charge on any atom is 0.407 e. The van der Waals surface area contributed by atoms with Gasteiger partial charge in [-0.3, -0.25) is 0 Å². The van der Waals surface area contributed by atoms with Crippen molar-refractivity contribution in [2.75, 3.05) is 6.61 Å². The number of carboxylic acids is 1. The van der Waals surface area contributed by atoms with Gasteiger partial charge in [-0.05, 0) is 80.8 Å². The van der Waals surface area contributed by atoms with E-state index in [0.717, 1.165) is 33.4 Å². The van der Waals surface area contributed by atoms with E-state index >= 15 is 0 Å². The van der Waals surface area contributed by atoms with Crippen LogP contribution >= 0.6 is 60.3 Å². The largest absolute Gasteiger partial charge is 0.480 e. The molecular formula is C25H21I2NO4S2. The fourth-order valence-corrected chi connectivity index (χ4v) is 4.84. The summed E-state index contributed by atoms with van der Waals surface area (Å²) >= 11 is 4.27. The van der Waals surface area contributed by atoms with E-state index in [1.807, 2.05) is 43.3 Å². The van der Waals surface area contributed by atoms with Crippen LogP contribution in [0.3, 0.4) is 0 Å². The zero-order valence-corrected chi connectivity index (χ0v) is 24.3. The molecule has 0 bridgehead atoms. The molecule has 2 atom stereocenters. The van der Waals surface area contributed by atoms with E-state index in [4.69, 9.17) is 4.74 Å².